The molecule has 2 aromatic carbocycles. The molecule has 1 saturated heterocycles. The van der Waals surface area contributed by atoms with Crippen molar-refractivity contribution in [3.63, 3.8) is 0 Å². The highest BCUT2D eigenvalue weighted by molar-refractivity contribution is 14.1. The van der Waals surface area contributed by atoms with E-state index in [9.17, 15) is 23.5 Å². The van der Waals surface area contributed by atoms with Gasteiger partial charge in [0.25, 0.3) is 0 Å². The van der Waals surface area contributed by atoms with Gasteiger partial charge in [-0.15, -0.1) is 0 Å². The fraction of sp³-hybridized carbons (Fsp3) is 0.462. The van der Waals surface area contributed by atoms with Crippen LogP contribution in [0.2, 0.25) is 0 Å². The number of carbonyl (C=O) groups is 2. The number of piperazine rings is 1. The van der Waals surface area contributed by atoms with Gasteiger partial charge in [0.15, 0.2) is 0 Å². The highest BCUT2D eigenvalue weighted by Gasteiger charge is 2.30. The Bertz CT molecular complexity index is 1040. The fourth-order valence-corrected chi connectivity index (χ4v) is 5.00. The van der Waals surface area contributed by atoms with E-state index in [0.717, 1.165) is 21.6 Å². The molecule has 1 heterocycles. The number of hydrogen-bond donors (Lipinski definition) is 3. The molecule has 0 bridgehead atoms. The molecule has 3 atom stereocenters. The number of likely N-dealkylation sites (N-methyl/N-ethyl adjacent to an activating group) is 1. The lowest BCUT2D eigenvalue weighted by atomic mass is 10.0. The Kier molecular flexibility index (Phi) is 10.6. The Morgan fingerprint density at radius 3 is 2.58 bits per heavy atom. The van der Waals surface area contributed by atoms with Gasteiger partial charge in [0.1, 0.15) is 11.6 Å². The van der Waals surface area contributed by atoms with Crippen molar-refractivity contribution < 1.29 is 23.5 Å². The fourth-order valence-electron chi connectivity index (χ4n) is 4.39. The van der Waals surface area contributed by atoms with Crippen molar-refractivity contribution in [2.45, 2.75) is 44.5 Å². The van der Waals surface area contributed by atoms with Gasteiger partial charge in [0.05, 0.1) is 25.2 Å². The predicted octanol–water partition coefficient (Wildman–Crippen LogP) is 2.30. The average molecular weight is 614 g/mol. The van der Waals surface area contributed by atoms with Gasteiger partial charge in [-0.3, -0.25) is 14.5 Å². The van der Waals surface area contributed by atoms with Gasteiger partial charge in [-0.25, -0.2) is 8.78 Å². The summed E-state index contributed by atoms with van der Waals surface area (Å²) in [5.74, 6) is -1.85. The first-order chi connectivity index (χ1) is 17.1. The van der Waals surface area contributed by atoms with Crippen LogP contribution in [0.3, 0.4) is 0 Å². The zero-order chi connectivity index (χ0) is 26.2. The molecule has 1 aliphatic heterocycles. The number of aliphatic hydroxyl groups is 1. The molecule has 0 unspecified atom stereocenters. The van der Waals surface area contributed by atoms with Gasteiger partial charge in [0, 0.05) is 42.4 Å². The molecule has 0 spiro atoms. The number of rotatable bonds is 11. The smallest absolute Gasteiger partial charge is 0.236 e. The zero-order valence-corrected chi connectivity index (χ0v) is 22.7. The van der Waals surface area contributed by atoms with Crippen molar-refractivity contribution in [2.24, 2.45) is 0 Å². The molecular formula is C26H33F2IN4O3. The normalized spacial score (nSPS) is 18.2. The maximum atomic E-state index is 13.8. The number of hydrogen-bond acceptors (Lipinski definition) is 5. The van der Waals surface area contributed by atoms with E-state index in [1.165, 1.54) is 12.1 Å². The van der Waals surface area contributed by atoms with Crippen molar-refractivity contribution in [1.82, 2.24) is 20.4 Å². The number of carbonyl (C=O) groups excluding carboxylic acids is 2. The van der Waals surface area contributed by atoms with E-state index in [4.69, 9.17) is 0 Å². The van der Waals surface area contributed by atoms with E-state index < -0.39 is 23.8 Å². The molecule has 1 aliphatic rings. The molecule has 1 fully saturated rings. The number of halogens is 3. The van der Waals surface area contributed by atoms with Gasteiger partial charge in [-0.2, -0.15) is 0 Å². The van der Waals surface area contributed by atoms with Gasteiger partial charge >= 0.3 is 0 Å². The van der Waals surface area contributed by atoms with E-state index in [-0.39, 0.29) is 43.9 Å². The summed E-state index contributed by atoms with van der Waals surface area (Å²) in [5.41, 5.74) is 1.38. The van der Waals surface area contributed by atoms with Crippen LogP contribution in [0.1, 0.15) is 24.5 Å². The number of amides is 2. The maximum Gasteiger partial charge on any atom is 0.236 e. The molecule has 0 radical (unpaired) electrons. The van der Waals surface area contributed by atoms with Gasteiger partial charge in [0.2, 0.25) is 11.8 Å². The summed E-state index contributed by atoms with van der Waals surface area (Å²) >= 11 is 2.23. The van der Waals surface area contributed by atoms with Crippen molar-refractivity contribution in [2.75, 3.05) is 33.2 Å². The molecule has 2 aromatic rings. The molecule has 3 rings (SSSR count). The minimum Gasteiger partial charge on any atom is -0.390 e. The van der Waals surface area contributed by atoms with Gasteiger partial charge < -0.3 is 20.6 Å². The second kappa shape index (κ2) is 13.4. The SMILES string of the molecule is CC[C@@H]1CN(CC(=O)N[C@@H](Cc2cc(F)cc(F)c2)[C@H](O)CNCc2cccc(I)c2)CC(=O)N1C. The number of benzene rings is 2. The first kappa shape index (κ1) is 28.4. The molecule has 36 heavy (non-hydrogen) atoms. The lowest BCUT2D eigenvalue weighted by Crippen LogP contribution is -2.57. The summed E-state index contributed by atoms with van der Waals surface area (Å²) in [4.78, 5) is 28.7. The summed E-state index contributed by atoms with van der Waals surface area (Å²) in [5, 5.41) is 16.9. The first-order valence-corrected chi connectivity index (χ1v) is 13.1. The Labute approximate surface area is 224 Å². The van der Waals surface area contributed by atoms with Crippen molar-refractivity contribution in [3.8, 4) is 0 Å². The van der Waals surface area contributed by atoms with E-state index >= 15 is 0 Å². The summed E-state index contributed by atoms with van der Waals surface area (Å²) in [7, 11) is 1.77. The molecule has 2 amide bonds. The standard InChI is InChI=1S/C26H33F2IN4O3/c1-3-22-14-33(16-26(36)32(22)2)15-25(35)31-23(10-18-7-19(27)11-20(28)8-18)24(34)13-30-12-17-5-4-6-21(29)9-17/h4-9,11,22-24,30,34H,3,10,12-16H2,1-2H3,(H,31,35)/t22-,23+,24-/m1/s1. The number of aliphatic hydroxyl groups excluding tert-OH is 1. The van der Waals surface area contributed by atoms with E-state index in [1.807, 2.05) is 31.2 Å². The lowest BCUT2D eigenvalue weighted by molar-refractivity contribution is -0.139. The van der Waals surface area contributed by atoms with Gasteiger partial charge in [-0.05, 0) is 70.8 Å². The molecule has 3 N–H and O–H groups in total. The highest BCUT2D eigenvalue weighted by atomic mass is 127. The third kappa shape index (κ3) is 8.46. The van der Waals surface area contributed by atoms with Crippen LogP contribution in [0.5, 0.6) is 0 Å². The quantitative estimate of drug-likeness (QED) is 0.339. The molecule has 196 valence electrons. The van der Waals surface area contributed by atoms with Crippen LogP contribution in [-0.2, 0) is 22.6 Å². The Morgan fingerprint density at radius 1 is 1.19 bits per heavy atom. The number of nitrogens with zero attached hydrogens (tertiary/aromatic N) is 2. The molecular weight excluding hydrogens is 581 g/mol. The summed E-state index contributed by atoms with van der Waals surface area (Å²) in [6, 6.07) is 10.3. The topological polar surface area (TPSA) is 84.9 Å². The van der Waals surface area contributed by atoms with Crippen LogP contribution < -0.4 is 10.6 Å². The summed E-state index contributed by atoms with van der Waals surface area (Å²) in [6.45, 7) is 3.38. The Hall–Kier alpha value is -2.15. The summed E-state index contributed by atoms with van der Waals surface area (Å²) < 4.78 is 28.6. The van der Waals surface area contributed by atoms with Crippen LogP contribution in [0.15, 0.2) is 42.5 Å². The second-order valence-electron chi connectivity index (χ2n) is 9.22. The van der Waals surface area contributed by atoms with Crippen molar-refractivity contribution >= 4 is 34.4 Å². The highest BCUT2D eigenvalue weighted by Crippen LogP contribution is 2.14. The predicted molar refractivity (Wildman–Crippen MR) is 142 cm³/mol. The second-order valence-corrected chi connectivity index (χ2v) is 10.5. The Morgan fingerprint density at radius 2 is 1.92 bits per heavy atom. The van der Waals surface area contributed by atoms with Gasteiger partial charge in [-0.1, -0.05) is 19.1 Å². The van der Waals surface area contributed by atoms with Crippen LogP contribution in [0, 0.1) is 15.2 Å². The van der Waals surface area contributed by atoms with Crippen LogP contribution in [0.4, 0.5) is 8.78 Å². The minimum atomic E-state index is -1.01. The van der Waals surface area contributed by atoms with Crippen molar-refractivity contribution in [1.29, 1.82) is 0 Å². The number of nitrogens with one attached hydrogen (secondary N) is 2. The summed E-state index contributed by atoms with van der Waals surface area (Å²) in [6.07, 6.45) is -0.189. The zero-order valence-electron chi connectivity index (χ0n) is 20.5. The first-order valence-electron chi connectivity index (χ1n) is 12.0. The van der Waals surface area contributed by atoms with E-state index in [2.05, 4.69) is 33.2 Å². The van der Waals surface area contributed by atoms with Crippen molar-refractivity contribution in [3.05, 3.63) is 68.8 Å². The van der Waals surface area contributed by atoms with E-state index in [0.29, 0.717) is 18.7 Å². The molecule has 10 heteroatoms. The third-order valence-electron chi connectivity index (χ3n) is 6.37. The van der Waals surface area contributed by atoms with E-state index in [1.54, 1.807) is 16.8 Å². The van der Waals surface area contributed by atoms with Crippen LogP contribution >= 0.6 is 22.6 Å². The van der Waals surface area contributed by atoms with Crippen LogP contribution in [-0.4, -0.2) is 78.1 Å². The minimum absolute atomic E-state index is 0.00725. The largest absolute Gasteiger partial charge is 0.390 e. The maximum absolute atomic E-state index is 13.8. The molecule has 7 nitrogen and oxygen atoms in total. The Balaban J connectivity index is 1.65. The molecule has 0 aromatic heterocycles. The molecule has 0 saturated carbocycles. The monoisotopic (exact) mass is 614 g/mol. The molecule has 0 aliphatic carbocycles. The lowest BCUT2D eigenvalue weighted by Gasteiger charge is -2.38. The van der Waals surface area contributed by atoms with Crippen LogP contribution in [0.25, 0.3) is 0 Å². The average Bonchev–Trinajstić information content (AvgIpc) is 2.80. The third-order valence-corrected chi connectivity index (χ3v) is 7.04.